The summed E-state index contributed by atoms with van der Waals surface area (Å²) in [7, 11) is -1.18. The van der Waals surface area contributed by atoms with Crippen molar-refractivity contribution in [2.45, 2.75) is 17.6 Å². The van der Waals surface area contributed by atoms with Gasteiger partial charge in [-0.2, -0.15) is 0 Å². The van der Waals surface area contributed by atoms with E-state index in [1.54, 1.807) is 30.3 Å². The molecule has 0 aliphatic heterocycles. The Morgan fingerprint density at radius 2 is 1.95 bits per heavy atom. The second-order valence-corrected chi connectivity index (χ2v) is 6.02. The van der Waals surface area contributed by atoms with Crippen molar-refractivity contribution >= 4 is 22.4 Å². The first kappa shape index (κ1) is 14.3. The van der Waals surface area contributed by atoms with Crippen LogP contribution >= 0.6 is 0 Å². The van der Waals surface area contributed by atoms with Gasteiger partial charge in [0.1, 0.15) is 0 Å². The quantitative estimate of drug-likeness (QED) is 0.843. The molecule has 0 aliphatic rings. The molecule has 2 rings (SSSR count). The van der Waals surface area contributed by atoms with Crippen molar-refractivity contribution in [3.05, 3.63) is 59.2 Å². The highest BCUT2D eigenvalue weighted by Crippen LogP contribution is 2.18. The van der Waals surface area contributed by atoms with Crippen LogP contribution in [0.3, 0.4) is 0 Å². The summed E-state index contributed by atoms with van der Waals surface area (Å²) in [6.45, 7) is 1.88. The predicted octanol–water partition coefficient (Wildman–Crippen LogP) is 1.98. The zero-order valence-corrected chi connectivity index (χ0v) is 11.9. The van der Waals surface area contributed by atoms with Gasteiger partial charge in [-0.05, 0) is 48.4 Å². The highest BCUT2D eigenvalue weighted by Gasteiger charge is 2.08. The van der Waals surface area contributed by atoms with Crippen LogP contribution in [-0.4, -0.2) is 10.1 Å². The topological polar surface area (TPSA) is 86.2 Å². The molecule has 1 amide bonds. The van der Waals surface area contributed by atoms with Gasteiger partial charge in [-0.1, -0.05) is 12.1 Å². The molecule has 104 valence electrons. The molecule has 0 spiro atoms. The lowest BCUT2D eigenvalue weighted by Crippen LogP contribution is -2.11. The molecule has 0 aromatic heterocycles. The zero-order valence-electron chi connectivity index (χ0n) is 11.1. The van der Waals surface area contributed by atoms with E-state index in [9.17, 15) is 9.00 Å². The molecule has 4 nitrogen and oxygen atoms in total. The molecule has 1 unspecified atom stereocenters. The SMILES string of the molecule is Cc1cc(S(=O)Cc2cccc(C(N)=O)c2)ccc1N. The molecular formula is C15H16N2O2S. The third kappa shape index (κ3) is 3.24. The number of amides is 1. The third-order valence-corrected chi connectivity index (χ3v) is 4.39. The van der Waals surface area contributed by atoms with Gasteiger partial charge in [0.15, 0.2) is 0 Å². The lowest BCUT2D eigenvalue weighted by atomic mass is 10.1. The number of nitrogens with two attached hydrogens (primary N) is 2. The number of hydrogen-bond acceptors (Lipinski definition) is 3. The average Bonchev–Trinajstić information content (AvgIpc) is 2.42. The van der Waals surface area contributed by atoms with Crippen molar-refractivity contribution < 1.29 is 9.00 Å². The second-order valence-electron chi connectivity index (χ2n) is 4.57. The van der Waals surface area contributed by atoms with Crippen LogP contribution < -0.4 is 11.5 Å². The Balaban J connectivity index is 2.21. The number of carbonyl (C=O) groups is 1. The van der Waals surface area contributed by atoms with Gasteiger partial charge in [0.2, 0.25) is 5.91 Å². The van der Waals surface area contributed by atoms with E-state index < -0.39 is 16.7 Å². The van der Waals surface area contributed by atoms with Crippen LogP contribution in [-0.2, 0) is 16.6 Å². The van der Waals surface area contributed by atoms with E-state index in [2.05, 4.69) is 0 Å². The van der Waals surface area contributed by atoms with E-state index in [-0.39, 0.29) is 0 Å². The van der Waals surface area contributed by atoms with Gasteiger partial charge in [0, 0.05) is 16.1 Å². The number of primary amides is 1. The number of rotatable bonds is 4. The van der Waals surface area contributed by atoms with Crippen LogP contribution in [0, 0.1) is 6.92 Å². The molecule has 4 N–H and O–H groups in total. The van der Waals surface area contributed by atoms with Gasteiger partial charge in [-0.15, -0.1) is 0 Å². The van der Waals surface area contributed by atoms with Gasteiger partial charge in [-0.3, -0.25) is 9.00 Å². The summed E-state index contributed by atoms with van der Waals surface area (Å²) < 4.78 is 12.3. The molecule has 5 heteroatoms. The lowest BCUT2D eigenvalue weighted by molar-refractivity contribution is 0.1000. The molecule has 0 saturated heterocycles. The fourth-order valence-corrected chi connectivity index (χ4v) is 3.02. The number of aryl methyl sites for hydroxylation is 1. The van der Waals surface area contributed by atoms with Crippen LogP contribution in [0.15, 0.2) is 47.4 Å². The highest BCUT2D eigenvalue weighted by molar-refractivity contribution is 7.84. The average molecular weight is 288 g/mol. The minimum absolute atomic E-state index is 0.338. The summed E-state index contributed by atoms with van der Waals surface area (Å²) in [5.74, 6) is -0.147. The monoisotopic (exact) mass is 288 g/mol. The van der Waals surface area contributed by atoms with Crippen LogP contribution in [0.5, 0.6) is 0 Å². The van der Waals surface area contributed by atoms with Crippen molar-refractivity contribution in [1.29, 1.82) is 0 Å². The van der Waals surface area contributed by atoms with E-state index in [0.29, 0.717) is 17.0 Å². The Hall–Kier alpha value is -2.14. The summed E-state index contributed by atoms with van der Waals surface area (Å²) >= 11 is 0. The maximum atomic E-state index is 12.3. The molecule has 0 saturated carbocycles. The predicted molar refractivity (Wildman–Crippen MR) is 80.7 cm³/mol. The molecule has 2 aromatic carbocycles. The minimum atomic E-state index is -1.18. The number of benzene rings is 2. The smallest absolute Gasteiger partial charge is 0.248 e. The molecule has 0 radical (unpaired) electrons. The summed E-state index contributed by atoms with van der Waals surface area (Å²) in [5.41, 5.74) is 13.8. The third-order valence-electron chi connectivity index (χ3n) is 3.01. The highest BCUT2D eigenvalue weighted by atomic mass is 32.2. The van der Waals surface area contributed by atoms with E-state index in [1.165, 1.54) is 0 Å². The first-order chi connectivity index (χ1) is 9.47. The Labute approximate surface area is 120 Å². The van der Waals surface area contributed by atoms with Crippen molar-refractivity contribution in [2.24, 2.45) is 5.73 Å². The van der Waals surface area contributed by atoms with Crippen molar-refractivity contribution in [3.63, 3.8) is 0 Å². The molecule has 1 atom stereocenters. The van der Waals surface area contributed by atoms with Gasteiger partial charge in [0.05, 0.1) is 16.6 Å². The summed E-state index contributed by atoms with van der Waals surface area (Å²) in [5, 5.41) is 0. The van der Waals surface area contributed by atoms with Gasteiger partial charge in [-0.25, -0.2) is 0 Å². The largest absolute Gasteiger partial charge is 0.399 e. The molecule has 0 bridgehead atoms. The molecule has 0 aliphatic carbocycles. The first-order valence-corrected chi connectivity index (χ1v) is 7.42. The number of nitrogen functional groups attached to an aromatic ring is 1. The fraction of sp³-hybridized carbons (Fsp3) is 0.133. The molecule has 0 fully saturated rings. The number of carbonyl (C=O) groups excluding carboxylic acids is 1. The number of hydrogen-bond donors (Lipinski definition) is 2. The number of anilines is 1. The minimum Gasteiger partial charge on any atom is -0.399 e. The molecule has 20 heavy (non-hydrogen) atoms. The van der Waals surface area contributed by atoms with Crippen LogP contribution in [0.25, 0.3) is 0 Å². The van der Waals surface area contributed by atoms with E-state index in [4.69, 9.17) is 11.5 Å². The maximum absolute atomic E-state index is 12.3. The van der Waals surface area contributed by atoms with Crippen LogP contribution in [0.1, 0.15) is 21.5 Å². The summed E-state index contributed by atoms with van der Waals surface area (Å²) in [6.07, 6.45) is 0. The lowest BCUT2D eigenvalue weighted by Gasteiger charge is -2.06. The van der Waals surface area contributed by atoms with E-state index in [0.717, 1.165) is 16.0 Å². The summed E-state index contributed by atoms with van der Waals surface area (Å²) in [6, 6.07) is 12.2. The standard InChI is InChI=1S/C15H16N2O2S/c1-10-7-13(5-6-14(10)16)20(19)9-11-3-2-4-12(8-11)15(17)18/h2-8H,9,16H2,1H3,(H2,17,18). The zero-order chi connectivity index (χ0) is 14.7. The van der Waals surface area contributed by atoms with Gasteiger partial charge < -0.3 is 11.5 Å². The Morgan fingerprint density at radius 1 is 1.20 bits per heavy atom. The first-order valence-electron chi connectivity index (χ1n) is 6.10. The van der Waals surface area contributed by atoms with Crippen LogP contribution in [0.4, 0.5) is 5.69 Å². The van der Waals surface area contributed by atoms with Crippen molar-refractivity contribution in [2.75, 3.05) is 5.73 Å². The molecular weight excluding hydrogens is 272 g/mol. The Kier molecular flexibility index (Phi) is 4.20. The van der Waals surface area contributed by atoms with Gasteiger partial charge >= 0.3 is 0 Å². The van der Waals surface area contributed by atoms with Gasteiger partial charge in [0.25, 0.3) is 0 Å². The van der Waals surface area contributed by atoms with Crippen molar-refractivity contribution in [3.8, 4) is 0 Å². The molecule has 2 aromatic rings. The van der Waals surface area contributed by atoms with Crippen molar-refractivity contribution in [1.82, 2.24) is 0 Å². The fourth-order valence-electron chi connectivity index (χ4n) is 1.84. The van der Waals surface area contributed by atoms with E-state index >= 15 is 0 Å². The van der Waals surface area contributed by atoms with Crippen LogP contribution in [0.2, 0.25) is 0 Å². The normalized spacial score (nSPS) is 12.1. The Bertz CT molecular complexity index is 683. The Morgan fingerprint density at radius 3 is 2.60 bits per heavy atom. The van der Waals surface area contributed by atoms with E-state index in [1.807, 2.05) is 19.1 Å². The maximum Gasteiger partial charge on any atom is 0.248 e. The second kappa shape index (κ2) is 5.88. The summed E-state index contributed by atoms with van der Waals surface area (Å²) in [4.78, 5) is 11.8. The molecule has 0 heterocycles.